The lowest BCUT2D eigenvalue weighted by Gasteiger charge is -2.21. The van der Waals surface area contributed by atoms with E-state index in [2.05, 4.69) is 0 Å². The summed E-state index contributed by atoms with van der Waals surface area (Å²) in [7, 11) is -3.00. The predicted molar refractivity (Wildman–Crippen MR) is 63.2 cm³/mol. The van der Waals surface area contributed by atoms with Gasteiger partial charge in [0.25, 0.3) is 0 Å². The van der Waals surface area contributed by atoms with Gasteiger partial charge in [-0.15, -0.1) is 0 Å². The molecule has 6 nitrogen and oxygen atoms in total. The van der Waals surface area contributed by atoms with Gasteiger partial charge in [-0.05, 0) is 25.1 Å². The molecule has 1 N–H and O–H groups in total. The molecule has 0 aliphatic heterocycles. The Hall–Kier alpha value is -1.98. The molecule has 0 aromatic heterocycles. The molecule has 0 bridgehead atoms. The van der Waals surface area contributed by atoms with Crippen LogP contribution in [0.2, 0.25) is 0 Å². The first kappa shape index (κ1) is 15.1. The number of likely N-dealkylation sites (N-methyl/N-ethyl adjacent to an activating group) is 1. The standard InChI is InChI=1S/C11H11FN2O4S/c1-7(11(15)16)14(2)19(17,18)9-3-4-10(12)8(5-9)6-13/h3-5,7H,1-2H3,(H,15,16). The first-order chi connectivity index (χ1) is 8.71. The van der Waals surface area contributed by atoms with Crippen molar-refractivity contribution in [3.63, 3.8) is 0 Å². The van der Waals surface area contributed by atoms with Crippen molar-refractivity contribution < 1.29 is 22.7 Å². The fraction of sp³-hybridized carbons (Fsp3) is 0.273. The van der Waals surface area contributed by atoms with Crippen molar-refractivity contribution in [1.29, 1.82) is 5.26 Å². The van der Waals surface area contributed by atoms with E-state index in [0.29, 0.717) is 4.31 Å². The molecule has 0 fully saturated rings. The minimum absolute atomic E-state index is 0.332. The van der Waals surface area contributed by atoms with E-state index >= 15 is 0 Å². The third-order valence-corrected chi connectivity index (χ3v) is 4.56. The smallest absolute Gasteiger partial charge is 0.321 e. The summed E-state index contributed by atoms with van der Waals surface area (Å²) in [6.45, 7) is 1.20. The molecule has 1 aromatic rings. The topological polar surface area (TPSA) is 98.5 Å². The summed E-state index contributed by atoms with van der Waals surface area (Å²) in [5, 5.41) is 17.4. The van der Waals surface area contributed by atoms with E-state index in [4.69, 9.17) is 10.4 Å². The zero-order valence-corrected chi connectivity index (χ0v) is 11.0. The predicted octanol–water partition coefficient (Wildman–Crippen LogP) is 0.791. The van der Waals surface area contributed by atoms with Crippen LogP contribution in [0.15, 0.2) is 23.1 Å². The Kier molecular flexibility index (Phi) is 4.24. The Morgan fingerprint density at radius 3 is 2.58 bits per heavy atom. The van der Waals surface area contributed by atoms with Crippen molar-refractivity contribution in [3.8, 4) is 6.07 Å². The maximum absolute atomic E-state index is 13.1. The fourth-order valence-electron chi connectivity index (χ4n) is 1.28. The first-order valence-electron chi connectivity index (χ1n) is 5.12. The summed E-state index contributed by atoms with van der Waals surface area (Å²) in [6, 6.07) is 2.95. The number of carbonyl (C=O) groups is 1. The van der Waals surface area contributed by atoms with Crippen LogP contribution in [-0.2, 0) is 14.8 Å². The van der Waals surface area contributed by atoms with Crippen LogP contribution < -0.4 is 0 Å². The summed E-state index contributed by atoms with van der Waals surface area (Å²) >= 11 is 0. The van der Waals surface area contributed by atoms with Gasteiger partial charge in [-0.2, -0.15) is 9.57 Å². The molecule has 1 atom stereocenters. The maximum Gasteiger partial charge on any atom is 0.321 e. The lowest BCUT2D eigenvalue weighted by atomic mass is 10.2. The second-order valence-corrected chi connectivity index (χ2v) is 5.79. The van der Waals surface area contributed by atoms with Crippen LogP contribution in [-0.4, -0.2) is 36.9 Å². The summed E-state index contributed by atoms with van der Waals surface area (Å²) in [5.74, 6) is -2.15. The molecular formula is C11H11FN2O4S. The molecule has 0 heterocycles. The van der Waals surface area contributed by atoms with Gasteiger partial charge < -0.3 is 5.11 Å². The molecule has 1 rings (SSSR count). The number of hydrogen-bond donors (Lipinski definition) is 1. The van der Waals surface area contributed by atoms with E-state index in [1.165, 1.54) is 13.0 Å². The number of nitriles is 1. The second-order valence-electron chi connectivity index (χ2n) is 3.79. The number of hydrogen-bond acceptors (Lipinski definition) is 4. The van der Waals surface area contributed by atoms with Crippen LogP contribution in [0, 0.1) is 17.1 Å². The molecule has 1 unspecified atom stereocenters. The van der Waals surface area contributed by atoms with E-state index in [1.807, 2.05) is 0 Å². The van der Waals surface area contributed by atoms with Crippen LogP contribution in [0.25, 0.3) is 0 Å². The minimum atomic E-state index is -4.10. The van der Waals surface area contributed by atoms with E-state index in [-0.39, 0.29) is 4.90 Å². The molecular weight excluding hydrogens is 275 g/mol. The largest absolute Gasteiger partial charge is 0.480 e. The van der Waals surface area contributed by atoms with Crippen molar-refractivity contribution in [1.82, 2.24) is 4.31 Å². The van der Waals surface area contributed by atoms with Crippen molar-refractivity contribution in [3.05, 3.63) is 29.6 Å². The van der Waals surface area contributed by atoms with Gasteiger partial charge in [0.2, 0.25) is 10.0 Å². The van der Waals surface area contributed by atoms with E-state index in [9.17, 15) is 17.6 Å². The van der Waals surface area contributed by atoms with E-state index in [0.717, 1.165) is 25.2 Å². The number of nitrogens with zero attached hydrogens (tertiary/aromatic N) is 2. The lowest BCUT2D eigenvalue weighted by molar-refractivity contribution is -0.140. The van der Waals surface area contributed by atoms with Crippen molar-refractivity contribution in [2.24, 2.45) is 0 Å². The lowest BCUT2D eigenvalue weighted by Crippen LogP contribution is -2.40. The molecule has 19 heavy (non-hydrogen) atoms. The molecule has 1 aromatic carbocycles. The number of carboxylic acid groups (broad SMARTS) is 1. The molecule has 0 radical (unpaired) electrons. The van der Waals surface area contributed by atoms with Gasteiger partial charge >= 0.3 is 5.97 Å². The van der Waals surface area contributed by atoms with Crippen molar-refractivity contribution in [2.45, 2.75) is 17.9 Å². The second kappa shape index (κ2) is 5.34. The molecule has 0 aliphatic carbocycles. The third kappa shape index (κ3) is 2.89. The molecule has 0 saturated carbocycles. The monoisotopic (exact) mass is 286 g/mol. The van der Waals surface area contributed by atoms with E-state index in [1.54, 1.807) is 0 Å². The van der Waals surface area contributed by atoms with Crippen LogP contribution in [0.5, 0.6) is 0 Å². The molecule has 0 aliphatic rings. The highest BCUT2D eigenvalue weighted by Crippen LogP contribution is 2.19. The van der Waals surface area contributed by atoms with Gasteiger partial charge in [-0.25, -0.2) is 12.8 Å². The Labute approximate surface area is 109 Å². The summed E-state index contributed by atoms with van der Waals surface area (Å²) < 4.78 is 37.9. The third-order valence-electron chi connectivity index (χ3n) is 2.64. The highest BCUT2D eigenvalue weighted by atomic mass is 32.2. The molecule has 102 valence electrons. The summed E-state index contributed by atoms with van der Waals surface area (Å²) in [5.41, 5.74) is -0.419. The SMILES string of the molecule is CC(C(=O)O)N(C)S(=O)(=O)c1ccc(F)c(C#N)c1. The first-order valence-corrected chi connectivity index (χ1v) is 6.56. The molecule has 0 amide bonds. The number of halogens is 1. The highest BCUT2D eigenvalue weighted by Gasteiger charge is 2.29. The minimum Gasteiger partial charge on any atom is -0.480 e. The molecule has 0 saturated heterocycles. The summed E-state index contributed by atoms with van der Waals surface area (Å²) in [4.78, 5) is 10.4. The van der Waals surface area contributed by atoms with Crippen LogP contribution in [0.4, 0.5) is 4.39 Å². The van der Waals surface area contributed by atoms with E-state index < -0.39 is 33.4 Å². The quantitative estimate of drug-likeness (QED) is 0.882. The molecule has 0 spiro atoms. The Balaban J connectivity index is 3.29. The van der Waals surface area contributed by atoms with Gasteiger partial charge in [0.05, 0.1) is 10.5 Å². The van der Waals surface area contributed by atoms with Gasteiger partial charge in [0, 0.05) is 7.05 Å². The van der Waals surface area contributed by atoms with Crippen molar-refractivity contribution >= 4 is 16.0 Å². The number of carboxylic acids is 1. The Bertz CT molecular complexity index is 651. The number of sulfonamides is 1. The van der Waals surface area contributed by atoms with Gasteiger partial charge in [0.15, 0.2) is 0 Å². The highest BCUT2D eigenvalue weighted by molar-refractivity contribution is 7.89. The maximum atomic E-state index is 13.1. The average molecular weight is 286 g/mol. The van der Waals surface area contributed by atoms with Crippen LogP contribution >= 0.6 is 0 Å². The normalized spacial score (nSPS) is 13.0. The number of benzene rings is 1. The fourth-order valence-corrected chi connectivity index (χ4v) is 2.63. The van der Waals surface area contributed by atoms with Crippen molar-refractivity contribution in [2.75, 3.05) is 7.05 Å². The molecule has 8 heteroatoms. The Morgan fingerprint density at radius 2 is 2.11 bits per heavy atom. The zero-order valence-electron chi connectivity index (χ0n) is 10.2. The van der Waals surface area contributed by atoms with Gasteiger partial charge in [0.1, 0.15) is 17.9 Å². The Morgan fingerprint density at radius 1 is 1.53 bits per heavy atom. The van der Waals surface area contributed by atoms with Gasteiger partial charge in [-0.1, -0.05) is 0 Å². The van der Waals surface area contributed by atoms with Crippen LogP contribution in [0.1, 0.15) is 12.5 Å². The number of rotatable bonds is 4. The van der Waals surface area contributed by atoms with Gasteiger partial charge in [-0.3, -0.25) is 4.79 Å². The average Bonchev–Trinajstić information content (AvgIpc) is 2.36. The summed E-state index contributed by atoms with van der Waals surface area (Å²) in [6.07, 6.45) is 0. The number of aliphatic carboxylic acids is 1. The zero-order chi connectivity index (χ0) is 14.8. The van der Waals surface area contributed by atoms with Crippen LogP contribution in [0.3, 0.4) is 0 Å².